The van der Waals surface area contributed by atoms with Gasteiger partial charge in [-0.25, -0.2) is 8.78 Å². The third-order valence-corrected chi connectivity index (χ3v) is 5.41. The quantitative estimate of drug-likeness (QED) is 0.794. The van der Waals surface area contributed by atoms with E-state index in [0.29, 0.717) is 5.92 Å². The van der Waals surface area contributed by atoms with Crippen molar-refractivity contribution in [3.05, 3.63) is 71.3 Å². The van der Waals surface area contributed by atoms with Crippen molar-refractivity contribution in [2.45, 2.75) is 43.7 Å². The van der Waals surface area contributed by atoms with E-state index in [4.69, 9.17) is 0 Å². The monoisotopic (exact) mass is 327 g/mol. The molecule has 2 saturated heterocycles. The highest BCUT2D eigenvalue weighted by Crippen LogP contribution is 2.43. The Balaban J connectivity index is 1.56. The first-order chi connectivity index (χ1) is 11.6. The topological polar surface area (TPSA) is 20.3 Å². The number of amides is 1. The number of piperidine rings is 1. The van der Waals surface area contributed by atoms with E-state index < -0.39 is 5.82 Å². The van der Waals surface area contributed by atoms with Gasteiger partial charge in [0, 0.05) is 12.1 Å². The maximum Gasteiger partial charge on any atom is 0.257 e. The third kappa shape index (κ3) is 2.60. The second-order valence-corrected chi connectivity index (χ2v) is 6.80. The molecule has 0 aromatic heterocycles. The third-order valence-electron chi connectivity index (χ3n) is 5.41. The average Bonchev–Trinajstić information content (AvgIpc) is 2.85. The fourth-order valence-electron chi connectivity index (χ4n) is 4.29. The van der Waals surface area contributed by atoms with E-state index in [9.17, 15) is 13.6 Å². The molecule has 1 amide bonds. The van der Waals surface area contributed by atoms with Gasteiger partial charge in [-0.15, -0.1) is 0 Å². The number of halogens is 2. The minimum Gasteiger partial charge on any atom is -0.333 e. The highest BCUT2D eigenvalue weighted by atomic mass is 19.1. The first-order valence-corrected chi connectivity index (χ1v) is 8.46. The standard InChI is InChI=1S/C20H19F2NO/c21-15-7-5-13(6-8-15)14-11-16-9-10-17(12-14)23(16)20(24)18-3-1-2-4-19(18)22/h1-8,14,16-17H,9-12H2/t14-,16+,17-. The first kappa shape index (κ1) is 15.3. The summed E-state index contributed by atoms with van der Waals surface area (Å²) in [6.45, 7) is 0. The second kappa shape index (κ2) is 6.00. The number of fused-ring (bicyclic) bond motifs is 2. The molecule has 2 aromatic rings. The lowest BCUT2D eigenvalue weighted by molar-refractivity contribution is 0.0567. The van der Waals surface area contributed by atoms with Crippen LogP contribution in [0.3, 0.4) is 0 Å². The number of carbonyl (C=O) groups excluding carboxylic acids is 1. The number of benzene rings is 2. The molecule has 2 bridgehead atoms. The highest BCUT2D eigenvalue weighted by molar-refractivity contribution is 5.95. The Morgan fingerprint density at radius 1 is 0.917 bits per heavy atom. The van der Waals surface area contributed by atoms with Crippen molar-refractivity contribution in [1.82, 2.24) is 4.90 Å². The van der Waals surface area contributed by atoms with Crippen LogP contribution in [-0.4, -0.2) is 22.9 Å². The maximum absolute atomic E-state index is 14.0. The predicted octanol–water partition coefficient (Wildman–Crippen LogP) is 4.52. The number of nitrogens with zero attached hydrogens (tertiary/aromatic N) is 1. The first-order valence-electron chi connectivity index (χ1n) is 8.46. The Morgan fingerprint density at radius 2 is 1.54 bits per heavy atom. The Hall–Kier alpha value is -2.23. The molecule has 0 unspecified atom stereocenters. The van der Waals surface area contributed by atoms with Gasteiger partial charge in [-0.2, -0.15) is 0 Å². The van der Waals surface area contributed by atoms with Crippen molar-refractivity contribution in [3.8, 4) is 0 Å². The van der Waals surface area contributed by atoms with Gasteiger partial charge < -0.3 is 4.90 Å². The molecule has 4 rings (SSSR count). The largest absolute Gasteiger partial charge is 0.333 e. The van der Waals surface area contributed by atoms with Gasteiger partial charge in [0.25, 0.3) is 5.91 Å². The molecule has 2 heterocycles. The summed E-state index contributed by atoms with van der Waals surface area (Å²) in [5.41, 5.74) is 1.29. The second-order valence-electron chi connectivity index (χ2n) is 6.80. The van der Waals surface area contributed by atoms with Crippen LogP contribution in [0.15, 0.2) is 48.5 Å². The average molecular weight is 327 g/mol. The summed E-state index contributed by atoms with van der Waals surface area (Å²) in [4.78, 5) is 14.7. The van der Waals surface area contributed by atoms with Gasteiger partial charge >= 0.3 is 0 Å². The molecule has 4 heteroatoms. The molecule has 0 spiro atoms. The summed E-state index contributed by atoms with van der Waals surface area (Å²) in [5.74, 6) is -0.539. The van der Waals surface area contributed by atoms with Crippen LogP contribution in [0.5, 0.6) is 0 Å². The molecule has 2 aromatic carbocycles. The summed E-state index contributed by atoms with van der Waals surface area (Å²) in [5, 5.41) is 0. The number of carbonyl (C=O) groups is 1. The number of hydrogen-bond donors (Lipinski definition) is 0. The van der Waals surface area contributed by atoms with Crippen molar-refractivity contribution in [3.63, 3.8) is 0 Å². The minimum absolute atomic E-state index is 0.144. The number of hydrogen-bond acceptors (Lipinski definition) is 1. The summed E-state index contributed by atoms with van der Waals surface area (Å²) in [6.07, 6.45) is 3.65. The lowest BCUT2D eigenvalue weighted by Gasteiger charge is -2.39. The zero-order chi connectivity index (χ0) is 16.7. The van der Waals surface area contributed by atoms with Gasteiger partial charge in [-0.1, -0.05) is 24.3 Å². The summed E-state index contributed by atoms with van der Waals surface area (Å²) in [7, 11) is 0. The molecule has 0 N–H and O–H groups in total. The van der Waals surface area contributed by atoms with Gasteiger partial charge in [0.2, 0.25) is 0 Å². The molecular weight excluding hydrogens is 308 g/mol. The van der Waals surface area contributed by atoms with E-state index >= 15 is 0 Å². The van der Waals surface area contributed by atoms with Crippen LogP contribution < -0.4 is 0 Å². The fourth-order valence-corrected chi connectivity index (χ4v) is 4.29. The highest BCUT2D eigenvalue weighted by Gasteiger charge is 2.44. The lowest BCUT2D eigenvalue weighted by Crippen LogP contribution is -2.46. The van der Waals surface area contributed by atoms with Crippen LogP contribution in [-0.2, 0) is 0 Å². The molecule has 2 fully saturated rings. The Labute approximate surface area is 140 Å². The molecule has 124 valence electrons. The summed E-state index contributed by atoms with van der Waals surface area (Å²) >= 11 is 0. The SMILES string of the molecule is O=C(c1ccccc1F)N1[C@@H]2CC[C@H]1C[C@@H](c1ccc(F)cc1)C2. The molecule has 3 atom stereocenters. The molecule has 0 saturated carbocycles. The zero-order valence-corrected chi connectivity index (χ0v) is 13.3. The zero-order valence-electron chi connectivity index (χ0n) is 13.3. The van der Waals surface area contributed by atoms with E-state index in [1.54, 1.807) is 18.2 Å². The lowest BCUT2D eigenvalue weighted by atomic mass is 9.85. The van der Waals surface area contributed by atoms with Gasteiger partial charge in [-0.05, 0) is 61.4 Å². The molecule has 24 heavy (non-hydrogen) atoms. The summed E-state index contributed by atoms with van der Waals surface area (Å²) in [6, 6.07) is 13.1. The molecule has 0 aliphatic carbocycles. The minimum atomic E-state index is -0.456. The van der Waals surface area contributed by atoms with E-state index in [0.717, 1.165) is 31.2 Å². The number of rotatable bonds is 2. The molecular formula is C20H19F2NO. The Bertz CT molecular complexity index is 744. The van der Waals surface area contributed by atoms with Gasteiger partial charge in [0.15, 0.2) is 0 Å². The molecule has 2 aliphatic rings. The van der Waals surface area contributed by atoms with Crippen molar-refractivity contribution < 1.29 is 13.6 Å². The van der Waals surface area contributed by atoms with Crippen LogP contribution in [0.2, 0.25) is 0 Å². The molecule has 2 aliphatic heterocycles. The smallest absolute Gasteiger partial charge is 0.257 e. The predicted molar refractivity (Wildman–Crippen MR) is 87.8 cm³/mol. The van der Waals surface area contributed by atoms with Gasteiger partial charge in [0.1, 0.15) is 11.6 Å². The van der Waals surface area contributed by atoms with Crippen molar-refractivity contribution in [1.29, 1.82) is 0 Å². The van der Waals surface area contributed by atoms with Gasteiger partial charge in [-0.3, -0.25) is 4.79 Å². The van der Waals surface area contributed by atoms with Crippen molar-refractivity contribution in [2.75, 3.05) is 0 Å². The van der Waals surface area contributed by atoms with Crippen LogP contribution in [0.4, 0.5) is 8.78 Å². The van der Waals surface area contributed by atoms with Crippen LogP contribution in [0.1, 0.15) is 47.5 Å². The fraction of sp³-hybridized carbons (Fsp3) is 0.350. The Kier molecular flexibility index (Phi) is 3.83. The van der Waals surface area contributed by atoms with E-state index in [1.807, 2.05) is 17.0 Å². The van der Waals surface area contributed by atoms with E-state index in [1.165, 1.54) is 18.2 Å². The Morgan fingerprint density at radius 3 is 2.17 bits per heavy atom. The van der Waals surface area contributed by atoms with E-state index in [2.05, 4.69) is 0 Å². The van der Waals surface area contributed by atoms with Crippen molar-refractivity contribution in [2.24, 2.45) is 0 Å². The summed E-state index contributed by atoms with van der Waals surface area (Å²) < 4.78 is 27.1. The van der Waals surface area contributed by atoms with Crippen LogP contribution in [0.25, 0.3) is 0 Å². The van der Waals surface area contributed by atoms with Crippen molar-refractivity contribution >= 4 is 5.91 Å². The van der Waals surface area contributed by atoms with Crippen LogP contribution in [0, 0.1) is 11.6 Å². The molecule has 0 radical (unpaired) electrons. The van der Waals surface area contributed by atoms with Crippen LogP contribution >= 0.6 is 0 Å². The van der Waals surface area contributed by atoms with E-state index in [-0.39, 0.29) is 29.4 Å². The van der Waals surface area contributed by atoms with Gasteiger partial charge in [0.05, 0.1) is 5.56 Å². The normalized spacial score (nSPS) is 25.8. The molecule has 2 nitrogen and oxygen atoms in total. The maximum atomic E-state index is 14.0.